The first-order valence-corrected chi connectivity index (χ1v) is 12.4. The van der Waals surface area contributed by atoms with Crippen LogP contribution in [0, 0.1) is 0 Å². The summed E-state index contributed by atoms with van der Waals surface area (Å²) in [6, 6.07) is 7.32. The van der Waals surface area contributed by atoms with Crippen molar-refractivity contribution < 1.29 is 39.6 Å². The Balaban J connectivity index is 1.71. The van der Waals surface area contributed by atoms with Crippen molar-refractivity contribution in [3.63, 3.8) is 0 Å². The fraction of sp³-hybridized carbons (Fsp3) is 0.208. The first-order valence-electron chi connectivity index (χ1n) is 10.9. The van der Waals surface area contributed by atoms with Crippen molar-refractivity contribution in [3.8, 4) is 11.4 Å². The number of carbonyl (C=O) groups excluding carboxylic acids is 1. The van der Waals surface area contributed by atoms with E-state index in [0.717, 1.165) is 25.1 Å². The standard InChI is InChI=1S/C24H18F6N4O3S/c25-23(26,27)15-9-14(10-16(11-15)24(28,29)30)22-32-8-7-18(33-22)12-20(21(31)35)13-1-5-19(6-2-13)38(36,37)34-17-3-4-17/h1-2,5-12,17,34H,3-4H2,(H2,31,35)/b20-12+. The van der Waals surface area contributed by atoms with Gasteiger partial charge >= 0.3 is 12.4 Å². The Bertz CT molecular complexity index is 1480. The lowest BCUT2D eigenvalue weighted by atomic mass is 10.0. The number of benzene rings is 2. The number of aromatic nitrogens is 2. The van der Waals surface area contributed by atoms with Crippen molar-refractivity contribution in [1.82, 2.24) is 14.7 Å². The summed E-state index contributed by atoms with van der Waals surface area (Å²) in [4.78, 5) is 19.9. The first-order chi connectivity index (χ1) is 17.6. The Hall–Kier alpha value is -3.78. The Kier molecular flexibility index (Phi) is 7.05. The number of nitrogens with one attached hydrogen (secondary N) is 1. The van der Waals surface area contributed by atoms with Crippen molar-refractivity contribution in [1.29, 1.82) is 0 Å². The molecule has 38 heavy (non-hydrogen) atoms. The average molecular weight is 556 g/mol. The van der Waals surface area contributed by atoms with E-state index in [4.69, 9.17) is 5.73 Å². The van der Waals surface area contributed by atoms with Gasteiger partial charge < -0.3 is 5.73 Å². The Morgan fingerprint density at radius 2 is 1.53 bits per heavy atom. The van der Waals surface area contributed by atoms with Crippen LogP contribution in [0.4, 0.5) is 26.3 Å². The topological polar surface area (TPSA) is 115 Å². The van der Waals surface area contributed by atoms with E-state index in [2.05, 4.69) is 14.7 Å². The zero-order valence-electron chi connectivity index (χ0n) is 19.1. The predicted octanol–water partition coefficient (Wildman–Crippen LogP) is 4.65. The van der Waals surface area contributed by atoms with Gasteiger partial charge in [-0.3, -0.25) is 4.79 Å². The molecule has 1 amide bonds. The number of nitrogens with two attached hydrogens (primary N) is 1. The van der Waals surface area contributed by atoms with Gasteiger partial charge in [0, 0.05) is 23.4 Å². The molecule has 4 rings (SSSR count). The van der Waals surface area contributed by atoms with E-state index in [1.54, 1.807) is 0 Å². The molecule has 1 saturated carbocycles. The van der Waals surface area contributed by atoms with Crippen molar-refractivity contribution in [2.45, 2.75) is 36.1 Å². The number of nitrogens with zero attached hydrogens (tertiary/aromatic N) is 2. The minimum atomic E-state index is -5.06. The van der Waals surface area contributed by atoms with Crippen LogP contribution in [0.3, 0.4) is 0 Å². The Morgan fingerprint density at radius 3 is 2.03 bits per heavy atom. The quantitative estimate of drug-likeness (QED) is 0.325. The van der Waals surface area contributed by atoms with Gasteiger partial charge in [-0.2, -0.15) is 26.3 Å². The van der Waals surface area contributed by atoms with Gasteiger partial charge in [0.15, 0.2) is 5.82 Å². The number of rotatable bonds is 7. The van der Waals surface area contributed by atoms with Gasteiger partial charge in [0.2, 0.25) is 15.9 Å². The number of hydrogen-bond donors (Lipinski definition) is 2. The van der Waals surface area contributed by atoms with Gasteiger partial charge in [-0.05, 0) is 60.9 Å². The zero-order valence-corrected chi connectivity index (χ0v) is 20.0. The van der Waals surface area contributed by atoms with Crippen LogP contribution >= 0.6 is 0 Å². The van der Waals surface area contributed by atoms with Crippen molar-refractivity contribution in [3.05, 3.63) is 77.1 Å². The monoisotopic (exact) mass is 556 g/mol. The molecule has 0 bridgehead atoms. The molecule has 1 fully saturated rings. The number of alkyl halides is 6. The van der Waals surface area contributed by atoms with Crippen molar-refractivity contribution >= 4 is 27.6 Å². The Labute approximate surface area is 212 Å². The van der Waals surface area contributed by atoms with Crippen LogP contribution in [0.15, 0.2) is 59.6 Å². The summed E-state index contributed by atoms with van der Waals surface area (Å²) in [5, 5.41) is 0. The molecule has 0 radical (unpaired) electrons. The summed E-state index contributed by atoms with van der Waals surface area (Å²) in [5.41, 5.74) is 1.90. The van der Waals surface area contributed by atoms with E-state index in [9.17, 15) is 39.6 Å². The summed E-state index contributed by atoms with van der Waals surface area (Å²) in [7, 11) is -3.75. The Morgan fingerprint density at radius 1 is 0.947 bits per heavy atom. The second kappa shape index (κ2) is 9.83. The van der Waals surface area contributed by atoms with Gasteiger partial charge in [0.1, 0.15) is 0 Å². The highest BCUT2D eigenvalue weighted by Gasteiger charge is 2.37. The minimum absolute atomic E-state index is 0.0114. The molecule has 0 spiro atoms. The number of halogens is 6. The van der Waals surface area contributed by atoms with Crippen LogP contribution in [0.2, 0.25) is 0 Å². The summed E-state index contributed by atoms with van der Waals surface area (Å²) in [6.07, 6.45) is -6.37. The molecule has 3 aromatic rings. The third kappa shape index (κ3) is 6.37. The molecule has 0 aliphatic heterocycles. The second-order valence-corrected chi connectivity index (χ2v) is 10.2. The number of hydrogen-bond acceptors (Lipinski definition) is 5. The molecule has 1 aromatic heterocycles. The molecule has 0 saturated heterocycles. The molecule has 0 atom stereocenters. The minimum Gasteiger partial charge on any atom is -0.366 e. The molecule has 14 heteroatoms. The van der Waals surface area contributed by atoms with Gasteiger partial charge in [-0.1, -0.05) is 12.1 Å². The van der Waals surface area contributed by atoms with Crippen LogP contribution in [0.25, 0.3) is 23.0 Å². The highest BCUT2D eigenvalue weighted by molar-refractivity contribution is 7.89. The summed E-state index contributed by atoms with van der Waals surface area (Å²) in [5.74, 6) is -1.39. The maximum Gasteiger partial charge on any atom is 0.416 e. The average Bonchev–Trinajstić information content (AvgIpc) is 3.64. The fourth-order valence-electron chi connectivity index (χ4n) is 3.42. The smallest absolute Gasteiger partial charge is 0.366 e. The lowest BCUT2D eigenvalue weighted by Gasteiger charge is -2.14. The summed E-state index contributed by atoms with van der Waals surface area (Å²) >= 11 is 0. The molecule has 2 aromatic carbocycles. The van der Waals surface area contributed by atoms with Crippen LogP contribution in [0.5, 0.6) is 0 Å². The van der Waals surface area contributed by atoms with Gasteiger partial charge in [0.25, 0.3) is 0 Å². The first kappa shape index (κ1) is 27.3. The third-order valence-corrected chi connectivity index (χ3v) is 6.99. The van der Waals surface area contributed by atoms with Crippen LogP contribution in [-0.4, -0.2) is 30.3 Å². The number of carbonyl (C=O) groups is 1. The molecule has 1 aliphatic carbocycles. The third-order valence-electron chi connectivity index (χ3n) is 5.46. The molecule has 1 aliphatic rings. The largest absolute Gasteiger partial charge is 0.416 e. The lowest BCUT2D eigenvalue weighted by Crippen LogP contribution is -2.25. The van der Waals surface area contributed by atoms with Crippen LogP contribution < -0.4 is 10.5 Å². The van der Waals surface area contributed by atoms with Crippen molar-refractivity contribution in [2.75, 3.05) is 0 Å². The SMILES string of the molecule is NC(=O)/C(=C/c1ccnc(-c2cc(C(F)(F)F)cc(C(F)(F)F)c2)n1)c1ccc(S(=O)(=O)NC2CC2)cc1. The fourth-order valence-corrected chi connectivity index (χ4v) is 4.73. The molecule has 3 N–H and O–H groups in total. The summed E-state index contributed by atoms with van der Waals surface area (Å²) < 4.78 is 107. The predicted molar refractivity (Wildman–Crippen MR) is 124 cm³/mol. The maximum absolute atomic E-state index is 13.2. The number of primary amides is 1. The van der Waals surface area contributed by atoms with Crippen molar-refractivity contribution in [2.24, 2.45) is 5.73 Å². The van der Waals surface area contributed by atoms with E-state index >= 15 is 0 Å². The van der Waals surface area contributed by atoms with Gasteiger partial charge in [-0.15, -0.1) is 0 Å². The van der Waals surface area contributed by atoms with Gasteiger partial charge in [-0.25, -0.2) is 23.1 Å². The molecule has 0 unspecified atom stereocenters. The van der Waals surface area contributed by atoms with E-state index < -0.39 is 50.8 Å². The maximum atomic E-state index is 13.2. The highest BCUT2D eigenvalue weighted by Crippen LogP contribution is 2.38. The zero-order chi connectivity index (χ0) is 27.9. The molecule has 200 valence electrons. The number of amides is 1. The van der Waals surface area contributed by atoms with E-state index in [1.165, 1.54) is 30.3 Å². The van der Waals surface area contributed by atoms with Crippen LogP contribution in [0.1, 0.15) is 35.2 Å². The van der Waals surface area contributed by atoms with E-state index in [-0.39, 0.29) is 33.8 Å². The highest BCUT2D eigenvalue weighted by atomic mass is 32.2. The molecule has 7 nitrogen and oxygen atoms in total. The summed E-state index contributed by atoms with van der Waals surface area (Å²) in [6.45, 7) is 0. The van der Waals surface area contributed by atoms with E-state index in [1.807, 2.05) is 0 Å². The van der Waals surface area contributed by atoms with Crippen LogP contribution in [-0.2, 0) is 27.2 Å². The molecular formula is C24H18F6N4O3S. The van der Waals surface area contributed by atoms with E-state index in [0.29, 0.717) is 12.1 Å². The normalized spacial score (nSPS) is 14.9. The van der Waals surface area contributed by atoms with Gasteiger partial charge in [0.05, 0.1) is 21.7 Å². The number of sulfonamides is 1. The second-order valence-electron chi connectivity index (χ2n) is 8.44. The molecule has 1 heterocycles. The molecular weight excluding hydrogens is 538 g/mol. The lowest BCUT2D eigenvalue weighted by molar-refractivity contribution is -0.143.